The predicted octanol–water partition coefficient (Wildman–Crippen LogP) is 4.85. The van der Waals surface area contributed by atoms with Gasteiger partial charge in [-0.3, -0.25) is 0 Å². The Morgan fingerprint density at radius 2 is 2.17 bits per heavy atom. The molecule has 0 saturated carbocycles. The van der Waals surface area contributed by atoms with Gasteiger partial charge in [0.15, 0.2) is 0 Å². The van der Waals surface area contributed by atoms with Crippen molar-refractivity contribution in [2.24, 2.45) is 5.92 Å². The maximum Gasteiger partial charge on any atom is 0.0326 e. The molecule has 1 aromatic carbocycles. The number of hydrogen-bond donors (Lipinski definition) is 1. The van der Waals surface area contributed by atoms with Gasteiger partial charge in [0.05, 0.1) is 0 Å². The number of benzene rings is 1. The van der Waals surface area contributed by atoms with Gasteiger partial charge in [0.1, 0.15) is 0 Å². The van der Waals surface area contributed by atoms with Crippen LogP contribution >= 0.6 is 15.9 Å². The molecule has 1 aliphatic carbocycles. The van der Waals surface area contributed by atoms with E-state index in [1.807, 2.05) is 0 Å². The highest BCUT2D eigenvalue weighted by molar-refractivity contribution is 9.10. The summed E-state index contributed by atoms with van der Waals surface area (Å²) in [6, 6.07) is 7.17. The molecule has 0 bridgehead atoms. The summed E-state index contributed by atoms with van der Waals surface area (Å²) in [6.45, 7) is 5.76. The number of nitrogens with one attached hydrogen (secondary N) is 1. The quantitative estimate of drug-likeness (QED) is 0.740. The molecular weight excluding hydrogens is 286 g/mol. The van der Waals surface area contributed by atoms with Crippen LogP contribution < -0.4 is 5.32 Å². The van der Waals surface area contributed by atoms with Crippen molar-refractivity contribution in [1.29, 1.82) is 0 Å². The fourth-order valence-corrected chi connectivity index (χ4v) is 3.36. The molecule has 1 aromatic rings. The van der Waals surface area contributed by atoms with Crippen molar-refractivity contribution in [2.45, 2.75) is 52.0 Å². The Morgan fingerprint density at radius 1 is 1.33 bits per heavy atom. The Hall–Kier alpha value is -0.340. The molecule has 0 aromatic heterocycles. The van der Waals surface area contributed by atoms with Crippen LogP contribution in [0.25, 0.3) is 0 Å². The molecule has 0 heterocycles. The molecule has 1 atom stereocenters. The molecule has 18 heavy (non-hydrogen) atoms. The summed E-state index contributed by atoms with van der Waals surface area (Å²) in [5.41, 5.74) is 3.02. The van der Waals surface area contributed by atoms with Gasteiger partial charge in [-0.05, 0) is 48.9 Å². The maximum absolute atomic E-state index is 3.72. The zero-order valence-electron chi connectivity index (χ0n) is 11.5. The Bertz CT molecular complexity index is 387. The van der Waals surface area contributed by atoms with E-state index in [0.29, 0.717) is 6.04 Å². The van der Waals surface area contributed by atoms with Crippen molar-refractivity contribution in [3.8, 4) is 0 Å². The van der Waals surface area contributed by atoms with Crippen molar-refractivity contribution in [3.05, 3.63) is 33.8 Å². The summed E-state index contributed by atoms with van der Waals surface area (Å²) in [5, 5.41) is 3.72. The minimum atomic E-state index is 0.580. The molecule has 0 fully saturated rings. The highest BCUT2D eigenvalue weighted by Crippen LogP contribution is 2.35. The van der Waals surface area contributed by atoms with Crippen molar-refractivity contribution in [3.63, 3.8) is 0 Å². The second kappa shape index (κ2) is 6.72. The van der Waals surface area contributed by atoms with Crippen LogP contribution in [-0.2, 0) is 6.42 Å². The lowest BCUT2D eigenvalue weighted by Gasteiger charge is -2.14. The van der Waals surface area contributed by atoms with E-state index in [-0.39, 0.29) is 0 Å². The third-order valence-corrected chi connectivity index (χ3v) is 4.56. The topological polar surface area (TPSA) is 12.0 Å². The first kappa shape index (κ1) is 14.1. The zero-order valence-corrected chi connectivity index (χ0v) is 13.1. The lowest BCUT2D eigenvalue weighted by molar-refractivity contribution is 0.482. The van der Waals surface area contributed by atoms with E-state index in [4.69, 9.17) is 0 Å². The van der Waals surface area contributed by atoms with Gasteiger partial charge in [0.2, 0.25) is 0 Å². The number of fused-ring (bicyclic) bond motifs is 1. The molecule has 1 N–H and O–H groups in total. The lowest BCUT2D eigenvalue weighted by atomic mass is 10.1. The van der Waals surface area contributed by atoms with Crippen LogP contribution in [0.5, 0.6) is 0 Å². The first-order valence-corrected chi connectivity index (χ1v) is 7.98. The van der Waals surface area contributed by atoms with Crippen LogP contribution in [0.3, 0.4) is 0 Å². The van der Waals surface area contributed by atoms with Gasteiger partial charge in [-0.15, -0.1) is 0 Å². The predicted molar refractivity (Wildman–Crippen MR) is 81.9 cm³/mol. The number of unbranched alkanes of at least 4 members (excludes halogenated alkanes) is 1. The van der Waals surface area contributed by atoms with E-state index in [2.05, 4.69) is 53.3 Å². The molecule has 0 radical (unpaired) electrons. The average molecular weight is 310 g/mol. The van der Waals surface area contributed by atoms with E-state index >= 15 is 0 Å². The van der Waals surface area contributed by atoms with Gasteiger partial charge in [0, 0.05) is 10.5 Å². The highest BCUT2D eigenvalue weighted by atomic mass is 79.9. The molecule has 0 amide bonds. The second-order valence-corrected chi connectivity index (χ2v) is 6.60. The van der Waals surface area contributed by atoms with Gasteiger partial charge in [0.25, 0.3) is 0 Å². The minimum absolute atomic E-state index is 0.580. The summed E-state index contributed by atoms with van der Waals surface area (Å²) in [4.78, 5) is 0. The van der Waals surface area contributed by atoms with Crippen LogP contribution in [0.1, 0.15) is 56.7 Å². The van der Waals surface area contributed by atoms with Crippen LogP contribution in [0.15, 0.2) is 22.7 Å². The van der Waals surface area contributed by atoms with Crippen LogP contribution in [-0.4, -0.2) is 6.54 Å². The Labute approximate surface area is 119 Å². The standard InChI is InChI=1S/C16H24BrN/c1-12(2)6-3-4-11-18-16-10-9-13-14(16)7-5-8-15(13)17/h5,7-8,12,16,18H,3-4,6,9-11H2,1-2H3. The Morgan fingerprint density at radius 3 is 2.94 bits per heavy atom. The van der Waals surface area contributed by atoms with E-state index in [0.717, 1.165) is 12.5 Å². The maximum atomic E-state index is 3.72. The van der Waals surface area contributed by atoms with Crippen molar-refractivity contribution >= 4 is 15.9 Å². The number of rotatable bonds is 6. The molecule has 1 aliphatic rings. The van der Waals surface area contributed by atoms with Gasteiger partial charge < -0.3 is 5.32 Å². The molecule has 1 nitrogen and oxygen atoms in total. The second-order valence-electron chi connectivity index (χ2n) is 5.74. The van der Waals surface area contributed by atoms with Gasteiger partial charge in [-0.2, -0.15) is 0 Å². The molecule has 1 unspecified atom stereocenters. The highest BCUT2D eigenvalue weighted by Gasteiger charge is 2.22. The van der Waals surface area contributed by atoms with Crippen LogP contribution in [0.2, 0.25) is 0 Å². The summed E-state index contributed by atoms with van der Waals surface area (Å²) in [6.07, 6.45) is 6.47. The largest absolute Gasteiger partial charge is 0.310 e. The normalized spacial score (nSPS) is 18.3. The fourth-order valence-electron chi connectivity index (χ4n) is 2.78. The van der Waals surface area contributed by atoms with E-state index in [9.17, 15) is 0 Å². The van der Waals surface area contributed by atoms with E-state index in [1.165, 1.54) is 47.7 Å². The molecule has 100 valence electrons. The third kappa shape index (κ3) is 3.58. The molecule has 0 saturated heterocycles. The SMILES string of the molecule is CC(C)CCCCNC1CCc2c(Br)cccc21. The summed E-state index contributed by atoms with van der Waals surface area (Å²) in [7, 11) is 0. The average Bonchev–Trinajstić information content (AvgIpc) is 2.73. The van der Waals surface area contributed by atoms with Crippen LogP contribution in [0, 0.1) is 5.92 Å². The number of hydrogen-bond acceptors (Lipinski definition) is 1. The fraction of sp³-hybridized carbons (Fsp3) is 0.625. The van der Waals surface area contributed by atoms with Crippen molar-refractivity contribution in [1.82, 2.24) is 5.32 Å². The lowest BCUT2D eigenvalue weighted by Crippen LogP contribution is -2.20. The van der Waals surface area contributed by atoms with E-state index < -0.39 is 0 Å². The smallest absolute Gasteiger partial charge is 0.0326 e. The molecule has 2 rings (SSSR count). The third-order valence-electron chi connectivity index (χ3n) is 3.81. The zero-order chi connectivity index (χ0) is 13.0. The molecular formula is C16H24BrN. The van der Waals surface area contributed by atoms with Gasteiger partial charge >= 0.3 is 0 Å². The Balaban J connectivity index is 1.78. The minimum Gasteiger partial charge on any atom is -0.310 e. The van der Waals surface area contributed by atoms with Crippen LogP contribution in [0.4, 0.5) is 0 Å². The first-order chi connectivity index (χ1) is 8.68. The van der Waals surface area contributed by atoms with E-state index in [1.54, 1.807) is 0 Å². The summed E-state index contributed by atoms with van der Waals surface area (Å²) in [5.74, 6) is 0.841. The first-order valence-electron chi connectivity index (χ1n) is 7.19. The monoisotopic (exact) mass is 309 g/mol. The number of halogens is 1. The summed E-state index contributed by atoms with van der Waals surface area (Å²) >= 11 is 3.66. The van der Waals surface area contributed by atoms with Gasteiger partial charge in [-0.1, -0.05) is 54.8 Å². The molecule has 0 spiro atoms. The Kier molecular flexibility index (Phi) is 5.25. The molecule has 0 aliphatic heterocycles. The van der Waals surface area contributed by atoms with Crippen molar-refractivity contribution in [2.75, 3.05) is 6.54 Å². The summed E-state index contributed by atoms with van der Waals surface area (Å²) < 4.78 is 1.28. The van der Waals surface area contributed by atoms with Crippen molar-refractivity contribution < 1.29 is 0 Å². The molecule has 2 heteroatoms. The van der Waals surface area contributed by atoms with Gasteiger partial charge in [-0.25, -0.2) is 0 Å².